The molecular weight excluding hydrogens is 406 g/mol. The Morgan fingerprint density at radius 3 is 2.03 bits per heavy atom. The number of pyridine rings is 1. The number of ketones is 1. The van der Waals surface area contributed by atoms with Gasteiger partial charge >= 0.3 is 11.9 Å². The van der Waals surface area contributed by atoms with Gasteiger partial charge in [-0.05, 0) is 63.6 Å². The van der Waals surface area contributed by atoms with E-state index in [-0.39, 0.29) is 23.8 Å². The minimum Gasteiger partial charge on any atom is -0.462 e. The predicted octanol–water partition coefficient (Wildman–Crippen LogP) is 5.37. The van der Waals surface area contributed by atoms with E-state index in [4.69, 9.17) is 9.47 Å². The number of esters is 2. The molecule has 0 aliphatic rings. The molecule has 32 heavy (non-hydrogen) atoms. The van der Waals surface area contributed by atoms with E-state index in [1.807, 2.05) is 46.8 Å². The molecule has 0 amide bonds. The average molecular weight is 440 g/mol. The zero-order chi connectivity index (χ0) is 23.9. The first-order valence-electron chi connectivity index (χ1n) is 10.8. The van der Waals surface area contributed by atoms with E-state index in [2.05, 4.69) is 4.98 Å². The van der Waals surface area contributed by atoms with Crippen LogP contribution in [-0.4, -0.2) is 34.9 Å². The highest BCUT2D eigenvalue weighted by Crippen LogP contribution is 2.36. The Bertz CT molecular complexity index is 927. The lowest BCUT2D eigenvalue weighted by Gasteiger charge is -2.31. The lowest BCUT2D eigenvalue weighted by Crippen LogP contribution is -2.30. The van der Waals surface area contributed by atoms with Gasteiger partial charge in [0.15, 0.2) is 5.78 Å². The number of nitrogens with zero attached hydrogens (tertiary/aromatic N) is 1. The van der Waals surface area contributed by atoms with Crippen LogP contribution in [0.25, 0.3) is 0 Å². The zero-order valence-corrected chi connectivity index (χ0v) is 19.8. The molecule has 0 spiro atoms. The van der Waals surface area contributed by atoms with Crippen molar-refractivity contribution in [3.63, 3.8) is 0 Å². The van der Waals surface area contributed by atoms with Gasteiger partial charge in [0.05, 0.1) is 18.1 Å². The SMILES string of the molecule is CC(=O)c1ccc([C@@H](CC(C)(C)CCOC(=O)c2ccncc2)C(=O)OC(C)(C)C)cc1. The molecule has 0 saturated carbocycles. The Morgan fingerprint density at radius 2 is 1.50 bits per heavy atom. The Balaban J connectivity index is 2.11. The number of hydrogen-bond acceptors (Lipinski definition) is 6. The van der Waals surface area contributed by atoms with Gasteiger partial charge in [0.25, 0.3) is 0 Å². The molecule has 0 radical (unpaired) electrons. The second-order valence-electron chi connectivity index (χ2n) is 9.75. The molecule has 1 aromatic carbocycles. The van der Waals surface area contributed by atoms with Crippen molar-refractivity contribution in [1.82, 2.24) is 4.98 Å². The third-order valence-electron chi connectivity index (χ3n) is 5.10. The predicted molar refractivity (Wildman–Crippen MR) is 123 cm³/mol. The summed E-state index contributed by atoms with van der Waals surface area (Å²) in [4.78, 5) is 40.7. The van der Waals surface area contributed by atoms with Crippen LogP contribution in [-0.2, 0) is 14.3 Å². The minimum absolute atomic E-state index is 0.0262. The number of carbonyl (C=O) groups excluding carboxylic acids is 3. The molecule has 0 aliphatic heterocycles. The van der Waals surface area contributed by atoms with E-state index in [1.165, 1.54) is 6.92 Å². The molecule has 6 heteroatoms. The lowest BCUT2D eigenvalue weighted by atomic mass is 9.77. The number of carbonyl (C=O) groups is 3. The van der Waals surface area contributed by atoms with Gasteiger partial charge in [-0.15, -0.1) is 0 Å². The molecule has 0 saturated heterocycles. The van der Waals surface area contributed by atoms with Crippen LogP contribution in [0.5, 0.6) is 0 Å². The van der Waals surface area contributed by atoms with E-state index in [0.717, 1.165) is 5.56 Å². The van der Waals surface area contributed by atoms with Gasteiger partial charge in [-0.3, -0.25) is 14.6 Å². The highest BCUT2D eigenvalue weighted by molar-refractivity contribution is 5.94. The fourth-order valence-corrected chi connectivity index (χ4v) is 3.31. The summed E-state index contributed by atoms with van der Waals surface area (Å²) in [5.74, 6) is -1.23. The van der Waals surface area contributed by atoms with Crippen LogP contribution in [0.15, 0.2) is 48.8 Å². The molecule has 6 nitrogen and oxygen atoms in total. The molecular formula is C26H33NO5. The molecule has 172 valence electrons. The van der Waals surface area contributed by atoms with E-state index < -0.39 is 17.5 Å². The van der Waals surface area contributed by atoms with Crippen molar-refractivity contribution in [3.05, 3.63) is 65.5 Å². The quantitative estimate of drug-likeness (QED) is 0.386. The average Bonchev–Trinajstić information content (AvgIpc) is 2.71. The summed E-state index contributed by atoms with van der Waals surface area (Å²) in [5, 5.41) is 0. The lowest BCUT2D eigenvalue weighted by molar-refractivity contribution is -0.157. The molecule has 0 fully saturated rings. The zero-order valence-electron chi connectivity index (χ0n) is 19.8. The monoisotopic (exact) mass is 439 g/mol. The van der Waals surface area contributed by atoms with Crippen LogP contribution >= 0.6 is 0 Å². The van der Waals surface area contributed by atoms with Gasteiger partial charge in [0, 0.05) is 18.0 Å². The minimum atomic E-state index is -0.612. The number of ether oxygens (including phenoxy) is 2. The summed E-state index contributed by atoms with van der Waals surface area (Å²) >= 11 is 0. The largest absolute Gasteiger partial charge is 0.462 e. The van der Waals surface area contributed by atoms with Crippen molar-refractivity contribution in [3.8, 4) is 0 Å². The first-order chi connectivity index (χ1) is 14.9. The van der Waals surface area contributed by atoms with Crippen molar-refractivity contribution in [1.29, 1.82) is 0 Å². The molecule has 1 aromatic heterocycles. The second kappa shape index (κ2) is 10.5. The maximum absolute atomic E-state index is 13.0. The Morgan fingerprint density at radius 1 is 0.906 bits per heavy atom. The van der Waals surface area contributed by atoms with Crippen molar-refractivity contribution in [2.75, 3.05) is 6.61 Å². The van der Waals surface area contributed by atoms with E-state index in [1.54, 1.807) is 36.7 Å². The van der Waals surface area contributed by atoms with E-state index in [9.17, 15) is 14.4 Å². The topological polar surface area (TPSA) is 82.6 Å². The van der Waals surface area contributed by atoms with Crippen LogP contribution in [0.4, 0.5) is 0 Å². The normalized spacial score (nSPS) is 12.7. The summed E-state index contributed by atoms with van der Waals surface area (Å²) in [6.45, 7) is 11.3. The van der Waals surface area contributed by atoms with Crippen molar-refractivity contribution < 1.29 is 23.9 Å². The van der Waals surface area contributed by atoms with Gasteiger partial charge in [0.1, 0.15) is 5.60 Å². The molecule has 0 N–H and O–H groups in total. The van der Waals surface area contributed by atoms with Crippen LogP contribution in [0.2, 0.25) is 0 Å². The highest BCUT2D eigenvalue weighted by atomic mass is 16.6. The van der Waals surface area contributed by atoms with Gasteiger partial charge < -0.3 is 9.47 Å². The number of Topliss-reactive ketones (excluding diaryl/α,β-unsaturated/α-hetero) is 1. The molecule has 1 heterocycles. The summed E-state index contributed by atoms with van der Waals surface area (Å²) in [7, 11) is 0. The number of benzene rings is 1. The molecule has 0 bridgehead atoms. The van der Waals surface area contributed by atoms with Crippen molar-refractivity contribution in [2.24, 2.45) is 5.41 Å². The maximum atomic E-state index is 13.0. The Labute approximate surface area is 190 Å². The summed E-state index contributed by atoms with van der Waals surface area (Å²) in [5.41, 5.74) is 0.929. The summed E-state index contributed by atoms with van der Waals surface area (Å²) in [6, 6.07) is 10.3. The second-order valence-corrected chi connectivity index (χ2v) is 9.75. The number of hydrogen-bond donors (Lipinski definition) is 0. The third kappa shape index (κ3) is 7.91. The Kier molecular flexibility index (Phi) is 8.31. The number of rotatable bonds is 9. The molecule has 2 rings (SSSR count). The van der Waals surface area contributed by atoms with Gasteiger partial charge in [0.2, 0.25) is 0 Å². The van der Waals surface area contributed by atoms with Crippen LogP contribution in [0, 0.1) is 5.41 Å². The van der Waals surface area contributed by atoms with Crippen LogP contribution in [0.3, 0.4) is 0 Å². The first kappa shape index (κ1) is 25.2. The standard InChI is InChI=1S/C26H33NO5/c1-18(28)19-7-9-20(10-8-19)22(24(30)32-25(2,3)4)17-26(5,6)13-16-31-23(29)21-11-14-27-15-12-21/h7-12,14-15,22H,13,16-17H2,1-6H3/t22-/m1/s1. The molecule has 0 unspecified atom stereocenters. The number of aromatic nitrogens is 1. The molecule has 1 atom stereocenters. The van der Waals surface area contributed by atoms with Crippen molar-refractivity contribution >= 4 is 17.7 Å². The summed E-state index contributed by atoms with van der Waals surface area (Å²) < 4.78 is 11.1. The van der Waals surface area contributed by atoms with E-state index in [0.29, 0.717) is 24.0 Å². The van der Waals surface area contributed by atoms with Gasteiger partial charge in [-0.2, -0.15) is 0 Å². The van der Waals surface area contributed by atoms with Gasteiger partial charge in [-0.25, -0.2) is 4.79 Å². The maximum Gasteiger partial charge on any atom is 0.338 e. The third-order valence-corrected chi connectivity index (χ3v) is 5.10. The van der Waals surface area contributed by atoms with Crippen LogP contribution < -0.4 is 0 Å². The first-order valence-corrected chi connectivity index (χ1v) is 10.8. The Hall–Kier alpha value is -3.02. The fourth-order valence-electron chi connectivity index (χ4n) is 3.31. The van der Waals surface area contributed by atoms with E-state index >= 15 is 0 Å². The molecule has 0 aliphatic carbocycles. The van der Waals surface area contributed by atoms with Gasteiger partial charge in [-0.1, -0.05) is 38.1 Å². The highest BCUT2D eigenvalue weighted by Gasteiger charge is 2.32. The smallest absolute Gasteiger partial charge is 0.338 e. The molecule has 2 aromatic rings. The summed E-state index contributed by atoms with van der Waals surface area (Å²) in [6.07, 6.45) is 4.18. The van der Waals surface area contributed by atoms with Crippen molar-refractivity contribution in [2.45, 2.75) is 65.9 Å². The fraction of sp³-hybridized carbons (Fsp3) is 0.462. The van der Waals surface area contributed by atoms with Crippen LogP contribution in [0.1, 0.15) is 86.6 Å².